The lowest BCUT2D eigenvalue weighted by Gasteiger charge is -2.09. The maximum atomic E-state index is 11.0. The van der Waals surface area contributed by atoms with E-state index in [0.717, 1.165) is 34.8 Å². The Hall–Kier alpha value is -2.68. The molecule has 0 aromatic heterocycles. The van der Waals surface area contributed by atoms with Gasteiger partial charge >= 0.3 is 0 Å². The number of benzene rings is 2. The van der Waals surface area contributed by atoms with Gasteiger partial charge in [0.05, 0.1) is 0 Å². The minimum absolute atomic E-state index is 0.444. The van der Waals surface area contributed by atoms with Crippen molar-refractivity contribution >= 4 is 18.1 Å². The second-order valence-corrected chi connectivity index (χ2v) is 4.54. The summed E-state index contributed by atoms with van der Waals surface area (Å²) in [5, 5.41) is 0. The van der Waals surface area contributed by atoms with E-state index in [-0.39, 0.29) is 0 Å². The standard InChI is InChI=1S/C17H12O3/c18-8-7-15-14-4-2-1-3-13(14)11-20-17-6-5-12(10-19)9-16(15)17/h1-10H,11H2. The highest BCUT2D eigenvalue weighted by Gasteiger charge is 2.19. The van der Waals surface area contributed by atoms with Crippen molar-refractivity contribution in [3.8, 4) is 5.75 Å². The monoisotopic (exact) mass is 264 g/mol. The van der Waals surface area contributed by atoms with Crippen LogP contribution in [0.3, 0.4) is 0 Å². The molecule has 1 heterocycles. The second-order valence-electron chi connectivity index (χ2n) is 4.54. The predicted molar refractivity (Wildman–Crippen MR) is 75.7 cm³/mol. The van der Waals surface area contributed by atoms with Crippen molar-refractivity contribution in [1.29, 1.82) is 0 Å². The maximum Gasteiger partial charge on any atom is 0.150 e. The Morgan fingerprint density at radius 2 is 1.85 bits per heavy atom. The van der Waals surface area contributed by atoms with E-state index < -0.39 is 0 Å². The fourth-order valence-electron chi connectivity index (χ4n) is 2.41. The van der Waals surface area contributed by atoms with Crippen molar-refractivity contribution in [1.82, 2.24) is 0 Å². The molecular formula is C17H12O3. The molecule has 3 rings (SSSR count). The summed E-state index contributed by atoms with van der Waals surface area (Å²) in [5.41, 5.74) is 4.09. The van der Waals surface area contributed by atoms with Gasteiger partial charge in [0.25, 0.3) is 0 Å². The van der Waals surface area contributed by atoms with Gasteiger partial charge in [0, 0.05) is 11.1 Å². The molecular weight excluding hydrogens is 252 g/mol. The molecule has 0 radical (unpaired) electrons. The van der Waals surface area contributed by atoms with Crippen molar-refractivity contribution in [2.75, 3.05) is 0 Å². The molecule has 0 saturated heterocycles. The van der Waals surface area contributed by atoms with Crippen LogP contribution in [-0.4, -0.2) is 12.6 Å². The summed E-state index contributed by atoms with van der Waals surface area (Å²) in [6.45, 7) is 0.444. The Morgan fingerprint density at radius 1 is 1.00 bits per heavy atom. The average Bonchev–Trinajstić information content (AvgIpc) is 2.65. The van der Waals surface area contributed by atoms with Crippen LogP contribution in [0.1, 0.15) is 27.0 Å². The highest BCUT2D eigenvalue weighted by Crippen LogP contribution is 2.36. The van der Waals surface area contributed by atoms with E-state index in [9.17, 15) is 9.59 Å². The first kappa shape index (κ1) is 12.4. The molecule has 0 unspecified atom stereocenters. The molecule has 0 amide bonds. The molecule has 0 spiro atoms. The molecule has 0 aliphatic carbocycles. The topological polar surface area (TPSA) is 43.4 Å². The Morgan fingerprint density at radius 3 is 2.65 bits per heavy atom. The summed E-state index contributed by atoms with van der Waals surface area (Å²) in [6.07, 6.45) is 3.06. The number of allylic oxidation sites excluding steroid dienone is 1. The van der Waals surface area contributed by atoms with Crippen LogP contribution in [0.25, 0.3) is 5.57 Å². The molecule has 2 aromatic rings. The summed E-state index contributed by atoms with van der Waals surface area (Å²) in [5.74, 6) is 0.680. The number of ether oxygens (including phenoxy) is 1. The van der Waals surface area contributed by atoms with Crippen LogP contribution in [0.5, 0.6) is 5.75 Å². The molecule has 3 nitrogen and oxygen atoms in total. The fourth-order valence-corrected chi connectivity index (χ4v) is 2.41. The van der Waals surface area contributed by atoms with E-state index in [1.165, 1.54) is 6.08 Å². The summed E-state index contributed by atoms with van der Waals surface area (Å²) < 4.78 is 5.78. The quantitative estimate of drug-likeness (QED) is 0.618. The normalized spacial score (nSPS) is 14.7. The van der Waals surface area contributed by atoms with Crippen LogP contribution in [0.4, 0.5) is 0 Å². The summed E-state index contributed by atoms with van der Waals surface area (Å²) in [7, 11) is 0. The lowest BCUT2D eigenvalue weighted by atomic mass is 9.93. The van der Waals surface area contributed by atoms with E-state index in [2.05, 4.69) is 0 Å². The van der Waals surface area contributed by atoms with Gasteiger partial charge in [-0.2, -0.15) is 0 Å². The molecule has 98 valence electrons. The number of carbonyl (C=O) groups is 2. The SMILES string of the molecule is O=CC=C1c2ccccc2COc2ccc(C=O)cc21. The molecule has 0 N–H and O–H groups in total. The van der Waals surface area contributed by atoms with Crippen LogP contribution in [-0.2, 0) is 11.4 Å². The smallest absolute Gasteiger partial charge is 0.150 e. The molecule has 0 fully saturated rings. The largest absolute Gasteiger partial charge is 0.488 e. The van der Waals surface area contributed by atoms with E-state index in [1.54, 1.807) is 18.2 Å². The van der Waals surface area contributed by atoms with E-state index in [4.69, 9.17) is 4.74 Å². The van der Waals surface area contributed by atoms with Gasteiger partial charge < -0.3 is 4.74 Å². The number of hydrogen-bond acceptors (Lipinski definition) is 3. The molecule has 1 aliphatic heterocycles. The van der Waals surface area contributed by atoms with Gasteiger partial charge in [-0.15, -0.1) is 0 Å². The van der Waals surface area contributed by atoms with Crippen molar-refractivity contribution in [3.05, 3.63) is 70.8 Å². The number of hydrogen-bond donors (Lipinski definition) is 0. The number of rotatable bonds is 2. The number of carbonyl (C=O) groups excluding carboxylic acids is 2. The minimum atomic E-state index is 0.444. The van der Waals surface area contributed by atoms with Crippen molar-refractivity contribution < 1.29 is 14.3 Å². The first-order valence-corrected chi connectivity index (χ1v) is 6.29. The Balaban J connectivity index is 2.28. The highest BCUT2D eigenvalue weighted by atomic mass is 16.5. The summed E-state index contributed by atoms with van der Waals surface area (Å²) >= 11 is 0. The van der Waals surface area contributed by atoms with Crippen LogP contribution in [0.15, 0.2) is 48.5 Å². The number of aldehydes is 2. The summed E-state index contributed by atoms with van der Waals surface area (Å²) in [6, 6.07) is 13.0. The van der Waals surface area contributed by atoms with Gasteiger partial charge in [-0.3, -0.25) is 9.59 Å². The van der Waals surface area contributed by atoms with Gasteiger partial charge in [-0.25, -0.2) is 0 Å². The Bertz CT molecular complexity index is 714. The zero-order valence-electron chi connectivity index (χ0n) is 10.7. The minimum Gasteiger partial charge on any atom is -0.488 e. The van der Waals surface area contributed by atoms with E-state index in [1.807, 2.05) is 24.3 Å². The van der Waals surface area contributed by atoms with Crippen LogP contribution < -0.4 is 4.74 Å². The number of fused-ring (bicyclic) bond motifs is 2. The molecule has 1 aliphatic rings. The van der Waals surface area contributed by atoms with Gasteiger partial charge in [0.2, 0.25) is 0 Å². The van der Waals surface area contributed by atoms with Gasteiger partial charge in [-0.05, 0) is 41.0 Å². The maximum absolute atomic E-state index is 11.0. The van der Waals surface area contributed by atoms with Gasteiger partial charge in [0.1, 0.15) is 24.9 Å². The first-order valence-electron chi connectivity index (χ1n) is 6.29. The Labute approximate surface area is 116 Å². The molecule has 3 heteroatoms. The molecule has 20 heavy (non-hydrogen) atoms. The zero-order valence-corrected chi connectivity index (χ0v) is 10.7. The molecule has 0 atom stereocenters. The van der Waals surface area contributed by atoms with Crippen molar-refractivity contribution in [2.24, 2.45) is 0 Å². The van der Waals surface area contributed by atoms with Crippen LogP contribution >= 0.6 is 0 Å². The third kappa shape index (κ3) is 2.03. The van der Waals surface area contributed by atoms with Crippen molar-refractivity contribution in [3.63, 3.8) is 0 Å². The predicted octanol–water partition coefficient (Wildman–Crippen LogP) is 3.02. The van der Waals surface area contributed by atoms with Crippen LogP contribution in [0.2, 0.25) is 0 Å². The van der Waals surface area contributed by atoms with Gasteiger partial charge in [0.15, 0.2) is 0 Å². The first-order chi connectivity index (χ1) is 9.83. The fraction of sp³-hybridized carbons (Fsp3) is 0.0588. The van der Waals surface area contributed by atoms with Crippen LogP contribution in [0, 0.1) is 0 Å². The van der Waals surface area contributed by atoms with E-state index in [0.29, 0.717) is 17.9 Å². The zero-order chi connectivity index (χ0) is 13.9. The Kier molecular flexibility index (Phi) is 3.17. The van der Waals surface area contributed by atoms with Gasteiger partial charge in [-0.1, -0.05) is 24.3 Å². The second kappa shape index (κ2) is 5.13. The van der Waals surface area contributed by atoms with Crippen molar-refractivity contribution in [2.45, 2.75) is 6.61 Å². The van der Waals surface area contributed by atoms with E-state index >= 15 is 0 Å². The molecule has 0 bridgehead atoms. The summed E-state index contributed by atoms with van der Waals surface area (Å²) in [4.78, 5) is 21.9. The highest BCUT2D eigenvalue weighted by molar-refractivity contribution is 5.94. The lowest BCUT2D eigenvalue weighted by molar-refractivity contribution is -0.104. The third-order valence-corrected chi connectivity index (χ3v) is 3.36. The average molecular weight is 264 g/mol. The molecule has 0 saturated carbocycles. The molecule has 2 aromatic carbocycles. The third-order valence-electron chi connectivity index (χ3n) is 3.36. The lowest BCUT2D eigenvalue weighted by Crippen LogP contribution is -1.95.